The topological polar surface area (TPSA) is 78.7 Å². The standard InChI is InChI=1S/C12H20N4O2S/c1-14-19(17,18)10-3-4-12(11(13)9-10)16-7-5-15(2)6-8-16/h3-4,9,14H,5-8,13H2,1-2H3. The Morgan fingerprint density at radius 2 is 1.84 bits per heavy atom. The lowest BCUT2D eigenvalue weighted by atomic mass is 10.2. The number of benzene rings is 1. The normalized spacial score (nSPS) is 17.7. The highest BCUT2D eigenvalue weighted by molar-refractivity contribution is 7.89. The van der Waals surface area contributed by atoms with Gasteiger partial charge >= 0.3 is 0 Å². The van der Waals surface area contributed by atoms with E-state index in [2.05, 4.69) is 21.6 Å². The number of hydrogen-bond acceptors (Lipinski definition) is 5. The summed E-state index contributed by atoms with van der Waals surface area (Å²) in [7, 11) is 0.0417. The Balaban J connectivity index is 2.25. The monoisotopic (exact) mass is 284 g/mol. The lowest BCUT2D eigenvalue weighted by Crippen LogP contribution is -2.44. The largest absolute Gasteiger partial charge is 0.397 e. The number of nitrogens with one attached hydrogen (secondary N) is 1. The Bertz CT molecular complexity index is 551. The highest BCUT2D eigenvalue weighted by atomic mass is 32.2. The first-order valence-electron chi connectivity index (χ1n) is 6.20. The zero-order valence-corrected chi connectivity index (χ0v) is 12.1. The summed E-state index contributed by atoms with van der Waals surface area (Å²) in [5, 5.41) is 0. The van der Waals surface area contributed by atoms with E-state index < -0.39 is 10.0 Å². The fraction of sp³-hybridized carbons (Fsp3) is 0.500. The van der Waals surface area contributed by atoms with E-state index in [1.165, 1.54) is 13.1 Å². The van der Waals surface area contributed by atoms with Gasteiger partial charge in [-0.1, -0.05) is 0 Å². The van der Waals surface area contributed by atoms with E-state index in [0.717, 1.165) is 31.9 Å². The van der Waals surface area contributed by atoms with Crippen LogP contribution in [-0.4, -0.2) is 53.6 Å². The van der Waals surface area contributed by atoms with Gasteiger partial charge in [0, 0.05) is 26.2 Å². The van der Waals surface area contributed by atoms with Crippen molar-refractivity contribution in [2.24, 2.45) is 0 Å². The third-order valence-electron chi connectivity index (χ3n) is 3.42. The summed E-state index contributed by atoms with van der Waals surface area (Å²) in [6, 6.07) is 4.89. The lowest BCUT2D eigenvalue weighted by molar-refractivity contribution is 0.313. The van der Waals surface area contributed by atoms with Gasteiger partial charge in [0.2, 0.25) is 10.0 Å². The van der Waals surface area contributed by atoms with E-state index in [1.54, 1.807) is 12.1 Å². The second-order valence-electron chi connectivity index (χ2n) is 4.72. The molecule has 19 heavy (non-hydrogen) atoms. The number of rotatable bonds is 3. The van der Waals surface area contributed by atoms with Gasteiger partial charge in [-0.15, -0.1) is 0 Å². The van der Waals surface area contributed by atoms with Crippen LogP contribution in [0, 0.1) is 0 Å². The molecule has 1 aromatic rings. The predicted molar refractivity (Wildman–Crippen MR) is 76.8 cm³/mol. The molecule has 1 aliphatic rings. The van der Waals surface area contributed by atoms with Crippen LogP contribution in [0.25, 0.3) is 0 Å². The number of anilines is 2. The van der Waals surface area contributed by atoms with Gasteiger partial charge in [0.15, 0.2) is 0 Å². The van der Waals surface area contributed by atoms with E-state index >= 15 is 0 Å². The molecule has 6 nitrogen and oxygen atoms in total. The van der Waals surface area contributed by atoms with Crippen LogP contribution in [0.1, 0.15) is 0 Å². The highest BCUT2D eigenvalue weighted by Crippen LogP contribution is 2.26. The fourth-order valence-corrected chi connectivity index (χ4v) is 2.92. The van der Waals surface area contributed by atoms with Crippen LogP contribution in [0.2, 0.25) is 0 Å². The number of likely N-dealkylation sites (N-methyl/N-ethyl adjacent to an activating group) is 1. The molecule has 0 amide bonds. The minimum absolute atomic E-state index is 0.199. The van der Waals surface area contributed by atoms with E-state index in [9.17, 15) is 8.42 Å². The van der Waals surface area contributed by atoms with Gasteiger partial charge in [-0.25, -0.2) is 13.1 Å². The van der Waals surface area contributed by atoms with Gasteiger partial charge in [-0.3, -0.25) is 0 Å². The molecule has 0 atom stereocenters. The van der Waals surface area contributed by atoms with Crippen LogP contribution < -0.4 is 15.4 Å². The average molecular weight is 284 g/mol. The van der Waals surface area contributed by atoms with Crippen LogP contribution in [0.3, 0.4) is 0 Å². The first-order valence-corrected chi connectivity index (χ1v) is 7.69. The molecule has 0 aromatic heterocycles. The minimum Gasteiger partial charge on any atom is -0.397 e. The molecule has 0 bridgehead atoms. The summed E-state index contributed by atoms with van der Waals surface area (Å²) in [6.07, 6.45) is 0. The zero-order valence-electron chi connectivity index (χ0n) is 11.3. The van der Waals surface area contributed by atoms with Gasteiger partial charge in [-0.05, 0) is 32.3 Å². The third-order valence-corrected chi connectivity index (χ3v) is 4.83. The number of sulfonamides is 1. The molecule has 1 aromatic carbocycles. The van der Waals surface area contributed by atoms with Gasteiger partial charge in [-0.2, -0.15) is 0 Å². The Hall–Kier alpha value is -1.31. The van der Waals surface area contributed by atoms with Crippen LogP contribution in [0.15, 0.2) is 23.1 Å². The summed E-state index contributed by atoms with van der Waals surface area (Å²) in [4.78, 5) is 4.64. The van der Waals surface area contributed by atoms with Crippen LogP contribution in [0.4, 0.5) is 11.4 Å². The lowest BCUT2D eigenvalue weighted by Gasteiger charge is -2.34. The molecule has 3 N–H and O–H groups in total. The van der Waals surface area contributed by atoms with Crippen molar-refractivity contribution < 1.29 is 8.42 Å². The van der Waals surface area contributed by atoms with Crippen molar-refractivity contribution in [3.05, 3.63) is 18.2 Å². The quantitative estimate of drug-likeness (QED) is 0.760. The molecule has 0 saturated carbocycles. The smallest absolute Gasteiger partial charge is 0.240 e. The van der Waals surface area contributed by atoms with Crippen molar-refractivity contribution in [2.75, 3.05) is 50.9 Å². The SMILES string of the molecule is CNS(=O)(=O)c1ccc(N2CCN(C)CC2)c(N)c1. The third kappa shape index (κ3) is 2.99. The van der Waals surface area contributed by atoms with Crippen molar-refractivity contribution in [3.63, 3.8) is 0 Å². The molecule has 1 heterocycles. The number of nitrogens with zero attached hydrogens (tertiary/aromatic N) is 2. The summed E-state index contributed by atoms with van der Waals surface area (Å²) in [5.41, 5.74) is 7.40. The van der Waals surface area contributed by atoms with Crippen LogP contribution >= 0.6 is 0 Å². The maximum Gasteiger partial charge on any atom is 0.240 e. The van der Waals surface area contributed by atoms with E-state index in [0.29, 0.717) is 5.69 Å². The molecule has 1 fully saturated rings. The van der Waals surface area contributed by atoms with Crippen LogP contribution in [-0.2, 0) is 10.0 Å². The number of piperazine rings is 1. The molecule has 0 unspecified atom stereocenters. The van der Waals surface area contributed by atoms with E-state index in [1.807, 2.05) is 0 Å². The van der Waals surface area contributed by atoms with Crippen molar-refractivity contribution in [2.45, 2.75) is 4.90 Å². The minimum atomic E-state index is -3.43. The molecule has 0 aliphatic carbocycles. The second kappa shape index (κ2) is 5.36. The Kier molecular flexibility index (Phi) is 3.98. The van der Waals surface area contributed by atoms with Crippen molar-refractivity contribution >= 4 is 21.4 Å². The number of hydrogen-bond donors (Lipinski definition) is 2. The molecular weight excluding hydrogens is 264 g/mol. The summed E-state index contributed by atoms with van der Waals surface area (Å²) >= 11 is 0. The fourth-order valence-electron chi connectivity index (χ4n) is 2.15. The molecular formula is C12H20N4O2S. The molecule has 0 spiro atoms. The summed E-state index contributed by atoms with van der Waals surface area (Å²) in [5.74, 6) is 0. The maximum atomic E-state index is 11.7. The van der Waals surface area contributed by atoms with E-state index in [-0.39, 0.29) is 4.90 Å². The van der Waals surface area contributed by atoms with Gasteiger partial charge in [0.05, 0.1) is 16.3 Å². The zero-order chi connectivity index (χ0) is 14.0. The Morgan fingerprint density at radius 1 is 1.21 bits per heavy atom. The second-order valence-corrected chi connectivity index (χ2v) is 6.61. The average Bonchev–Trinajstić information content (AvgIpc) is 2.40. The van der Waals surface area contributed by atoms with Crippen molar-refractivity contribution in [1.82, 2.24) is 9.62 Å². The summed E-state index contributed by atoms with van der Waals surface area (Å²) < 4.78 is 25.7. The van der Waals surface area contributed by atoms with Crippen LogP contribution in [0.5, 0.6) is 0 Å². The Labute approximate surface area is 114 Å². The molecule has 106 valence electrons. The molecule has 2 rings (SSSR count). The van der Waals surface area contributed by atoms with Crippen molar-refractivity contribution in [3.8, 4) is 0 Å². The van der Waals surface area contributed by atoms with Gasteiger partial charge < -0.3 is 15.5 Å². The van der Waals surface area contributed by atoms with Gasteiger partial charge in [0.1, 0.15) is 0 Å². The maximum absolute atomic E-state index is 11.7. The van der Waals surface area contributed by atoms with Gasteiger partial charge in [0.25, 0.3) is 0 Å². The number of nitrogens with two attached hydrogens (primary N) is 1. The van der Waals surface area contributed by atoms with Crippen molar-refractivity contribution in [1.29, 1.82) is 0 Å². The summed E-state index contributed by atoms with van der Waals surface area (Å²) in [6.45, 7) is 3.77. The molecule has 7 heteroatoms. The Morgan fingerprint density at radius 3 is 2.37 bits per heavy atom. The highest BCUT2D eigenvalue weighted by Gasteiger charge is 2.18. The molecule has 1 aliphatic heterocycles. The van der Waals surface area contributed by atoms with E-state index in [4.69, 9.17) is 5.73 Å². The first-order chi connectivity index (χ1) is 8.94. The predicted octanol–water partition coefficient (Wildman–Crippen LogP) is -0.0713. The molecule has 0 radical (unpaired) electrons. The first kappa shape index (κ1) is 14.1. The number of nitrogen functional groups attached to an aromatic ring is 1. The molecule has 1 saturated heterocycles.